The van der Waals surface area contributed by atoms with Crippen molar-refractivity contribution in [2.45, 2.75) is 25.7 Å². The lowest BCUT2D eigenvalue weighted by molar-refractivity contribution is 0.507. The second-order valence-electron chi connectivity index (χ2n) is 4.45. The predicted molar refractivity (Wildman–Crippen MR) is 68.1 cm³/mol. The Labute approximate surface area is 98.3 Å². The number of hydrogen-bond donors (Lipinski definition) is 1. The summed E-state index contributed by atoms with van der Waals surface area (Å²) < 4.78 is 0. The van der Waals surface area contributed by atoms with Gasteiger partial charge in [0, 0.05) is 5.56 Å². The molecule has 1 saturated carbocycles. The molecule has 1 N–H and O–H groups in total. The van der Waals surface area contributed by atoms with Gasteiger partial charge in [-0.2, -0.15) is 0 Å². The van der Waals surface area contributed by atoms with Crippen LogP contribution in [0.15, 0.2) is 30.3 Å². The summed E-state index contributed by atoms with van der Waals surface area (Å²) in [5, 5.41) is 3.42. The number of hydrogen-bond acceptors (Lipinski definition) is 1. The third-order valence-corrected chi connectivity index (χ3v) is 3.13. The zero-order chi connectivity index (χ0) is 11.1. The standard InChI is InChI=1S/C15H19N/c1-2-7-14(8-3-1)11-6-12-16-13-15-9-4-5-10-15/h1-3,7-8,15-16H,4-5,9-10,12-13H2. The van der Waals surface area contributed by atoms with E-state index < -0.39 is 0 Å². The summed E-state index contributed by atoms with van der Waals surface area (Å²) in [6.07, 6.45) is 5.64. The van der Waals surface area contributed by atoms with Gasteiger partial charge >= 0.3 is 0 Å². The first-order valence-corrected chi connectivity index (χ1v) is 6.20. The van der Waals surface area contributed by atoms with Crippen LogP contribution in [-0.4, -0.2) is 13.1 Å². The molecule has 0 aliphatic heterocycles. The third kappa shape index (κ3) is 3.72. The lowest BCUT2D eigenvalue weighted by Gasteiger charge is -2.07. The van der Waals surface area contributed by atoms with E-state index in [1.54, 1.807) is 0 Å². The first kappa shape index (κ1) is 11.2. The summed E-state index contributed by atoms with van der Waals surface area (Å²) in [5.41, 5.74) is 1.10. The van der Waals surface area contributed by atoms with Gasteiger partial charge in [0.05, 0.1) is 6.54 Å². The van der Waals surface area contributed by atoms with Gasteiger partial charge in [-0.3, -0.25) is 0 Å². The molecule has 0 heterocycles. The summed E-state index contributed by atoms with van der Waals surface area (Å²) in [7, 11) is 0. The molecular weight excluding hydrogens is 194 g/mol. The van der Waals surface area contributed by atoms with Gasteiger partial charge in [-0.25, -0.2) is 0 Å². The molecule has 0 amide bonds. The maximum atomic E-state index is 3.42. The topological polar surface area (TPSA) is 12.0 Å². The van der Waals surface area contributed by atoms with E-state index in [-0.39, 0.29) is 0 Å². The van der Waals surface area contributed by atoms with Crippen LogP contribution in [-0.2, 0) is 0 Å². The van der Waals surface area contributed by atoms with Gasteiger partial charge < -0.3 is 5.32 Å². The summed E-state index contributed by atoms with van der Waals surface area (Å²) in [4.78, 5) is 0. The fourth-order valence-corrected chi connectivity index (χ4v) is 2.22. The zero-order valence-corrected chi connectivity index (χ0v) is 9.71. The Morgan fingerprint density at radius 1 is 1.12 bits per heavy atom. The Balaban J connectivity index is 1.66. The Morgan fingerprint density at radius 3 is 2.62 bits per heavy atom. The molecule has 1 aliphatic rings. The third-order valence-electron chi connectivity index (χ3n) is 3.13. The smallest absolute Gasteiger partial charge is 0.0580 e. The van der Waals surface area contributed by atoms with Gasteiger partial charge in [0.2, 0.25) is 0 Å². The highest BCUT2D eigenvalue weighted by molar-refractivity contribution is 5.33. The quantitative estimate of drug-likeness (QED) is 0.601. The average Bonchev–Trinajstić information content (AvgIpc) is 2.83. The molecule has 1 nitrogen and oxygen atoms in total. The van der Waals surface area contributed by atoms with Crippen LogP contribution in [0.2, 0.25) is 0 Å². The monoisotopic (exact) mass is 213 g/mol. The normalized spacial score (nSPS) is 15.8. The Kier molecular flexibility index (Phi) is 4.46. The summed E-state index contributed by atoms with van der Waals surface area (Å²) in [5.74, 6) is 7.22. The van der Waals surface area contributed by atoms with E-state index in [0.717, 1.165) is 24.6 Å². The summed E-state index contributed by atoms with van der Waals surface area (Å²) in [6, 6.07) is 10.2. The SMILES string of the molecule is C(#Cc1ccccc1)CNCC1CCCC1. The van der Waals surface area contributed by atoms with Crippen LogP contribution < -0.4 is 5.32 Å². The van der Waals surface area contributed by atoms with E-state index in [2.05, 4.69) is 17.2 Å². The maximum absolute atomic E-state index is 3.42. The molecule has 1 aliphatic carbocycles. The number of benzene rings is 1. The number of rotatable bonds is 3. The Hall–Kier alpha value is -1.26. The molecule has 1 aromatic rings. The van der Waals surface area contributed by atoms with Crippen molar-refractivity contribution >= 4 is 0 Å². The molecule has 0 saturated heterocycles. The van der Waals surface area contributed by atoms with Gasteiger partial charge in [0.15, 0.2) is 0 Å². The summed E-state index contributed by atoms with van der Waals surface area (Å²) in [6.45, 7) is 1.95. The van der Waals surface area contributed by atoms with E-state index >= 15 is 0 Å². The predicted octanol–water partition coefficient (Wildman–Crippen LogP) is 2.82. The van der Waals surface area contributed by atoms with E-state index in [1.807, 2.05) is 30.3 Å². The zero-order valence-electron chi connectivity index (χ0n) is 9.71. The minimum atomic E-state index is 0.811. The lowest BCUT2D eigenvalue weighted by Crippen LogP contribution is -2.21. The molecule has 1 heteroatoms. The molecule has 0 atom stereocenters. The van der Waals surface area contributed by atoms with Gasteiger partial charge in [-0.05, 0) is 37.4 Å². The highest BCUT2D eigenvalue weighted by atomic mass is 14.8. The van der Waals surface area contributed by atoms with Crippen LogP contribution in [0.1, 0.15) is 31.2 Å². The van der Waals surface area contributed by atoms with Crippen molar-refractivity contribution in [2.24, 2.45) is 5.92 Å². The summed E-state index contributed by atoms with van der Waals surface area (Å²) >= 11 is 0. The van der Waals surface area contributed by atoms with Gasteiger partial charge in [-0.1, -0.05) is 42.9 Å². The number of nitrogens with one attached hydrogen (secondary N) is 1. The van der Waals surface area contributed by atoms with Gasteiger partial charge in [-0.15, -0.1) is 0 Å². The second-order valence-corrected chi connectivity index (χ2v) is 4.45. The molecule has 16 heavy (non-hydrogen) atoms. The highest BCUT2D eigenvalue weighted by Gasteiger charge is 2.13. The fraction of sp³-hybridized carbons (Fsp3) is 0.467. The molecule has 0 bridgehead atoms. The van der Waals surface area contributed by atoms with Crippen molar-refractivity contribution in [3.05, 3.63) is 35.9 Å². The van der Waals surface area contributed by atoms with E-state index in [9.17, 15) is 0 Å². The first-order chi connectivity index (χ1) is 7.95. The van der Waals surface area contributed by atoms with Crippen molar-refractivity contribution in [1.29, 1.82) is 0 Å². The first-order valence-electron chi connectivity index (χ1n) is 6.20. The van der Waals surface area contributed by atoms with Crippen LogP contribution >= 0.6 is 0 Å². The molecule has 2 rings (SSSR count). The highest BCUT2D eigenvalue weighted by Crippen LogP contribution is 2.23. The average molecular weight is 213 g/mol. The molecule has 1 aromatic carbocycles. The Morgan fingerprint density at radius 2 is 1.88 bits per heavy atom. The van der Waals surface area contributed by atoms with Crippen molar-refractivity contribution < 1.29 is 0 Å². The van der Waals surface area contributed by atoms with Crippen LogP contribution in [0.5, 0.6) is 0 Å². The van der Waals surface area contributed by atoms with Crippen molar-refractivity contribution in [1.82, 2.24) is 5.32 Å². The van der Waals surface area contributed by atoms with E-state index in [0.29, 0.717) is 0 Å². The van der Waals surface area contributed by atoms with E-state index in [4.69, 9.17) is 0 Å². The molecule has 1 fully saturated rings. The van der Waals surface area contributed by atoms with Crippen molar-refractivity contribution in [3.8, 4) is 11.8 Å². The van der Waals surface area contributed by atoms with Crippen LogP contribution in [0, 0.1) is 17.8 Å². The molecule has 0 radical (unpaired) electrons. The van der Waals surface area contributed by atoms with Crippen LogP contribution in [0.25, 0.3) is 0 Å². The molecular formula is C15H19N. The van der Waals surface area contributed by atoms with Crippen molar-refractivity contribution in [3.63, 3.8) is 0 Å². The van der Waals surface area contributed by atoms with E-state index in [1.165, 1.54) is 25.7 Å². The van der Waals surface area contributed by atoms with Gasteiger partial charge in [0.25, 0.3) is 0 Å². The van der Waals surface area contributed by atoms with Crippen molar-refractivity contribution in [2.75, 3.05) is 13.1 Å². The van der Waals surface area contributed by atoms with Gasteiger partial charge in [0.1, 0.15) is 0 Å². The molecule has 0 aromatic heterocycles. The Bertz CT molecular complexity index is 352. The van der Waals surface area contributed by atoms with Crippen LogP contribution in [0.4, 0.5) is 0 Å². The molecule has 0 unspecified atom stereocenters. The fourth-order valence-electron chi connectivity index (χ4n) is 2.22. The lowest BCUT2D eigenvalue weighted by atomic mass is 10.1. The minimum absolute atomic E-state index is 0.811. The largest absolute Gasteiger partial charge is 0.306 e. The second kappa shape index (κ2) is 6.35. The molecule has 0 spiro atoms. The van der Waals surface area contributed by atoms with Crippen LogP contribution in [0.3, 0.4) is 0 Å². The molecule has 84 valence electrons. The maximum Gasteiger partial charge on any atom is 0.0580 e. The minimum Gasteiger partial charge on any atom is -0.306 e.